The number of fused-ring (bicyclic) bond motifs is 1. The third kappa shape index (κ3) is 0.226. The highest BCUT2D eigenvalue weighted by Gasteiger charge is 2.31. The van der Waals surface area contributed by atoms with Crippen molar-refractivity contribution in [2.45, 2.75) is 11.7 Å². The van der Waals surface area contributed by atoms with E-state index in [0.29, 0.717) is 0 Å². The number of hydrogen-bond donors (Lipinski definition) is 0. The Hall–Kier alpha value is -0.130. The van der Waals surface area contributed by atoms with Crippen molar-refractivity contribution >= 4 is 11.8 Å². The summed E-state index contributed by atoms with van der Waals surface area (Å²) in [6, 6.07) is 0. The average molecular weight is 96.2 g/mol. The Morgan fingerprint density at radius 2 is 3.00 bits per heavy atom. The lowest BCUT2D eigenvalue weighted by atomic mass is 10.7. The molecule has 1 unspecified atom stereocenters. The summed E-state index contributed by atoms with van der Waals surface area (Å²) >= 11 is 1.90. The Balaban J connectivity index is 2.57. The molecule has 2 rings (SSSR count). The predicted octanol–water partition coefficient (Wildman–Crippen LogP) is 1.54. The van der Waals surface area contributed by atoms with Gasteiger partial charge in [0.2, 0.25) is 0 Å². The van der Waals surface area contributed by atoms with Crippen molar-refractivity contribution in [3.8, 4) is 0 Å². The van der Waals surface area contributed by atoms with Crippen LogP contribution in [0.3, 0.4) is 0 Å². The van der Waals surface area contributed by atoms with E-state index in [1.807, 2.05) is 11.8 Å². The lowest BCUT2D eigenvalue weighted by Gasteiger charge is -1.71. The van der Waals surface area contributed by atoms with E-state index in [2.05, 4.69) is 11.1 Å². The molecule has 0 aromatic carbocycles. The minimum Gasteiger partial charge on any atom is -0.117 e. The fourth-order valence-electron chi connectivity index (χ4n) is 0.615. The standard InChI is InChI=1S/C5H4S/c1-2-6-5-3-4(1)5/h2,5H,3H2. The van der Waals surface area contributed by atoms with Gasteiger partial charge in [-0.2, -0.15) is 0 Å². The first-order chi connectivity index (χ1) is 2.97. The second kappa shape index (κ2) is 0.749. The molecule has 1 heterocycles. The van der Waals surface area contributed by atoms with E-state index in [9.17, 15) is 0 Å². The highest BCUT2D eigenvalue weighted by molar-refractivity contribution is 8.03. The van der Waals surface area contributed by atoms with Gasteiger partial charge in [0.05, 0.1) is 0 Å². The second-order valence-electron chi connectivity index (χ2n) is 1.62. The molecule has 1 aliphatic carbocycles. The van der Waals surface area contributed by atoms with Gasteiger partial charge in [-0.25, -0.2) is 0 Å². The first kappa shape index (κ1) is 2.95. The monoisotopic (exact) mass is 96.0 g/mol. The van der Waals surface area contributed by atoms with Gasteiger partial charge in [0, 0.05) is 10.7 Å². The fraction of sp³-hybridized carbons (Fsp3) is 0.400. The quantitative estimate of drug-likeness (QED) is 0.412. The van der Waals surface area contributed by atoms with Crippen LogP contribution in [0.25, 0.3) is 0 Å². The van der Waals surface area contributed by atoms with Crippen LogP contribution in [0.2, 0.25) is 0 Å². The topological polar surface area (TPSA) is 0 Å². The molecule has 6 heavy (non-hydrogen) atoms. The van der Waals surface area contributed by atoms with Gasteiger partial charge in [0.15, 0.2) is 0 Å². The molecule has 30 valence electrons. The highest BCUT2D eigenvalue weighted by Crippen LogP contribution is 2.44. The van der Waals surface area contributed by atoms with Crippen molar-refractivity contribution in [2.24, 2.45) is 0 Å². The predicted molar refractivity (Wildman–Crippen MR) is 27.6 cm³/mol. The van der Waals surface area contributed by atoms with Gasteiger partial charge in [-0.15, -0.1) is 17.5 Å². The first-order valence-electron chi connectivity index (χ1n) is 2.06. The van der Waals surface area contributed by atoms with Crippen LogP contribution in [0.5, 0.6) is 0 Å². The Morgan fingerprint density at radius 3 is 3.17 bits per heavy atom. The molecule has 0 nitrogen and oxygen atoms in total. The molecule has 0 amide bonds. The molecular formula is C5H4S. The van der Waals surface area contributed by atoms with E-state index >= 15 is 0 Å². The Bertz CT molecular complexity index is 138. The molecule has 1 atom stereocenters. The van der Waals surface area contributed by atoms with Gasteiger partial charge in [-0.1, -0.05) is 0 Å². The van der Waals surface area contributed by atoms with E-state index in [1.54, 1.807) is 0 Å². The first-order valence-corrected chi connectivity index (χ1v) is 3.00. The summed E-state index contributed by atoms with van der Waals surface area (Å²) in [5.41, 5.74) is 4.68. The van der Waals surface area contributed by atoms with Crippen molar-refractivity contribution in [1.29, 1.82) is 0 Å². The zero-order chi connectivity index (χ0) is 3.98. The molecule has 0 saturated heterocycles. The SMILES string of the molecule is C1=CSC2CC=12. The summed E-state index contributed by atoms with van der Waals surface area (Å²) in [5.74, 6) is 0. The van der Waals surface area contributed by atoms with Gasteiger partial charge in [-0.3, -0.25) is 0 Å². The Kier molecular flexibility index (Phi) is 0.368. The second-order valence-corrected chi connectivity index (χ2v) is 2.69. The zero-order valence-electron chi connectivity index (χ0n) is 3.27. The highest BCUT2D eigenvalue weighted by atomic mass is 32.2. The number of rotatable bonds is 0. The van der Waals surface area contributed by atoms with Gasteiger partial charge >= 0.3 is 0 Å². The summed E-state index contributed by atoms with van der Waals surface area (Å²) in [7, 11) is 0. The van der Waals surface area contributed by atoms with E-state index in [1.165, 1.54) is 12.0 Å². The molecule has 0 spiro atoms. The van der Waals surface area contributed by atoms with Crippen LogP contribution >= 0.6 is 11.8 Å². The molecule has 0 N–H and O–H groups in total. The van der Waals surface area contributed by atoms with Crippen LogP contribution in [0.4, 0.5) is 0 Å². The Morgan fingerprint density at radius 1 is 2.00 bits per heavy atom. The largest absolute Gasteiger partial charge is 0.117 e. The van der Waals surface area contributed by atoms with Crippen molar-refractivity contribution in [1.82, 2.24) is 0 Å². The molecule has 0 aromatic heterocycles. The maximum Gasteiger partial charge on any atom is 0.0423 e. The van der Waals surface area contributed by atoms with Crippen LogP contribution < -0.4 is 0 Å². The average Bonchev–Trinajstić information content (AvgIpc) is 2.17. The van der Waals surface area contributed by atoms with Gasteiger partial charge in [-0.05, 0) is 12.0 Å². The van der Waals surface area contributed by atoms with Crippen LogP contribution in [0, 0.1) is 0 Å². The van der Waals surface area contributed by atoms with Gasteiger partial charge in [0.1, 0.15) is 0 Å². The van der Waals surface area contributed by atoms with Crippen molar-refractivity contribution < 1.29 is 0 Å². The summed E-state index contributed by atoms with van der Waals surface area (Å²) in [5, 5.41) is 2.94. The van der Waals surface area contributed by atoms with Crippen molar-refractivity contribution in [3.63, 3.8) is 0 Å². The molecule has 2 aliphatic rings. The third-order valence-corrected chi connectivity index (χ3v) is 2.14. The van der Waals surface area contributed by atoms with Crippen LogP contribution in [-0.4, -0.2) is 5.25 Å². The van der Waals surface area contributed by atoms with Gasteiger partial charge < -0.3 is 0 Å². The van der Waals surface area contributed by atoms with E-state index in [-0.39, 0.29) is 0 Å². The molecule has 1 heteroatoms. The molecular weight excluding hydrogens is 92.1 g/mol. The van der Waals surface area contributed by atoms with Crippen LogP contribution in [0.1, 0.15) is 6.42 Å². The molecule has 1 fully saturated rings. The summed E-state index contributed by atoms with van der Waals surface area (Å²) in [6.45, 7) is 0. The molecule has 0 radical (unpaired) electrons. The number of thioether (sulfide) groups is 1. The zero-order valence-corrected chi connectivity index (χ0v) is 4.09. The fourth-order valence-corrected chi connectivity index (χ4v) is 1.51. The maximum absolute atomic E-state index is 3.15. The van der Waals surface area contributed by atoms with E-state index in [4.69, 9.17) is 0 Å². The molecule has 1 saturated carbocycles. The summed E-state index contributed by atoms with van der Waals surface area (Å²) in [6.07, 6.45) is 1.32. The minimum atomic E-state index is 0.880. The van der Waals surface area contributed by atoms with Crippen LogP contribution in [0.15, 0.2) is 16.7 Å². The number of hydrogen-bond acceptors (Lipinski definition) is 1. The molecule has 1 aliphatic heterocycles. The minimum absolute atomic E-state index is 0.880. The normalized spacial score (nSPS) is 36.0. The molecule has 0 bridgehead atoms. The summed E-state index contributed by atoms with van der Waals surface area (Å²) in [4.78, 5) is 0. The Labute approximate surface area is 40.9 Å². The van der Waals surface area contributed by atoms with Crippen molar-refractivity contribution in [2.75, 3.05) is 0 Å². The molecule has 0 aromatic rings. The summed E-state index contributed by atoms with van der Waals surface area (Å²) < 4.78 is 0. The lowest BCUT2D eigenvalue weighted by molar-refractivity contribution is 1.52. The van der Waals surface area contributed by atoms with Crippen LogP contribution in [-0.2, 0) is 0 Å². The smallest absolute Gasteiger partial charge is 0.0423 e. The maximum atomic E-state index is 3.15. The van der Waals surface area contributed by atoms with E-state index < -0.39 is 0 Å². The lowest BCUT2D eigenvalue weighted by Crippen LogP contribution is -1.56. The third-order valence-electron chi connectivity index (χ3n) is 1.11. The van der Waals surface area contributed by atoms with Crippen molar-refractivity contribution in [3.05, 3.63) is 16.7 Å². The van der Waals surface area contributed by atoms with E-state index in [0.717, 1.165) is 5.25 Å². The van der Waals surface area contributed by atoms with Gasteiger partial charge in [0.25, 0.3) is 0 Å².